The van der Waals surface area contributed by atoms with Crippen LogP contribution in [0, 0.1) is 6.92 Å². The summed E-state index contributed by atoms with van der Waals surface area (Å²) in [4.78, 5) is 29.0. The molecule has 0 aliphatic heterocycles. The molecule has 1 amide bonds. The lowest BCUT2D eigenvalue weighted by Crippen LogP contribution is -2.29. The average molecular weight is 397 g/mol. The summed E-state index contributed by atoms with van der Waals surface area (Å²) in [5.74, 6) is -0.586. The van der Waals surface area contributed by atoms with Crippen LogP contribution in [0.5, 0.6) is 0 Å². The molecule has 0 aliphatic rings. The van der Waals surface area contributed by atoms with Crippen LogP contribution >= 0.6 is 0 Å². The first kappa shape index (κ1) is 19.5. The van der Waals surface area contributed by atoms with E-state index in [1.54, 1.807) is 12.3 Å². The molecule has 0 fully saturated rings. The molecule has 28 heavy (non-hydrogen) atoms. The molecule has 0 saturated carbocycles. The van der Waals surface area contributed by atoms with Gasteiger partial charge in [-0.15, -0.1) is 0 Å². The van der Waals surface area contributed by atoms with Gasteiger partial charge in [-0.1, -0.05) is 29.8 Å². The van der Waals surface area contributed by atoms with Crippen molar-refractivity contribution >= 4 is 21.4 Å². The third kappa shape index (κ3) is 4.52. The summed E-state index contributed by atoms with van der Waals surface area (Å²) in [6, 6.07) is 13.6. The van der Waals surface area contributed by atoms with Gasteiger partial charge in [-0.3, -0.25) is 9.59 Å². The smallest absolute Gasteiger partial charge is 0.263 e. The molecule has 0 unspecified atom stereocenters. The van der Waals surface area contributed by atoms with E-state index < -0.39 is 21.3 Å². The van der Waals surface area contributed by atoms with E-state index in [1.807, 2.05) is 31.2 Å². The zero-order chi connectivity index (χ0) is 20.3. The minimum Gasteiger partial charge on any atom is -0.320 e. The van der Waals surface area contributed by atoms with E-state index in [2.05, 4.69) is 10.3 Å². The van der Waals surface area contributed by atoms with Crippen molar-refractivity contribution in [3.8, 4) is 0 Å². The van der Waals surface area contributed by atoms with Crippen LogP contribution in [-0.4, -0.2) is 30.1 Å². The molecule has 3 aromatic rings. The van der Waals surface area contributed by atoms with Crippen molar-refractivity contribution in [3.63, 3.8) is 0 Å². The number of carbonyl (C=O) groups is 1. The summed E-state index contributed by atoms with van der Waals surface area (Å²) in [5.41, 5.74) is 1.92. The number of amides is 1. The highest BCUT2D eigenvalue weighted by atomic mass is 32.2. The molecule has 0 spiro atoms. The summed E-state index contributed by atoms with van der Waals surface area (Å²) >= 11 is 0. The lowest BCUT2D eigenvalue weighted by Gasteiger charge is -2.09. The molecule has 2 heterocycles. The average Bonchev–Trinajstić information content (AvgIpc) is 2.63. The van der Waals surface area contributed by atoms with E-state index in [9.17, 15) is 18.0 Å². The van der Waals surface area contributed by atoms with Gasteiger partial charge in [0.2, 0.25) is 0 Å². The highest BCUT2D eigenvalue weighted by Gasteiger charge is 2.14. The third-order valence-corrected chi connectivity index (χ3v) is 5.08. The molecule has 3 rings (SSSR count). The van der Waals surface area contributed by atoms with E-state index >= 15 is 0 Å². The van der Waals surface area contributed by atoms with Crippen LogP contribution in [0.15, 0.2) is 70.7 Å². The normalized spacial score (nSPS) is 11.2. The number of pyridine rings is 2. The summed E-state index contributed by atoms with van der Waals surface area (Å²) in [6.07, 6.45) is 3.92. The lowest BCUT2D eigenvalue weighted by atomic mass is 10.1. The maximum absolute atomic E-state index is 12.7. The second-order valence-corrected chi connectivity index (χ2v) is 8.42. The fraction of sp³-hybridized carbons (Fsp3) is 0.150. The summed E-state index contributed by atoms with van der Waals surface area (Å²) < 4.78 is 24.4. The molecular weight excluding hydrogens is 378 g/mol. The third-order valence-electron chi connectivity index (χ3n) is 4.07. The van der Waals surface area contributed by atoms with Crippen molar-refractivity contribution in [1.82, 2.24) is 9.55 Å². The van der Waals surface area contributed by atoms with Crippen molar-refractivity contribution in [2.24, 2.45) is 0 Å². The van der Waals surface area contributed by atoms with Crippen molar-refractivity contribution < 1.29 is 13.2 Å². The highest BCUT2D eigenvalue weighted by Crippen LogP contribution is 2.11. The van der Waals surface area contributed by atoms with E-state index in [0.29, 0.717) is 12.2 Å². The standard InChI is InChI=1S/C20H19N3O4S/c1-14-5-3-6-15(11-14)13-23-10-4-7-17(20(23)25)19(24)22-16-8-9-18(21-12-16)28(2,26)27/h3-12H,13H2,1-2H3,(H,22,24). The Morgan fingerprint density at radius 1 is 1.14 bits per heavy atom. The Morgan fingerprint density at radius 2 is 1.93 bits per heavy atom. The molecule has 0 aliphatic carbocycles. The van der Waals surface area contributed by atoms with Crippen LogP contribution in [0.1, 0.15) is 21.5 Å². The number of sulfone groups is 1. The van der Waals surface area contributed by atoms with E-state index in [4.69, 9.17) is 0 Å². The number of rotatable bonds is 5. The topological polar surface area (TPSA) is 98.1 Å². The van der Waals surface area contributed by atoms with Crippen molar-refractivity contribution in [3.05, 3.63) is 88.0 Å². The molecule has 1 aromatic carbocycles. The van der Waals surface area contributed by atoms with Gasteiger partial charge in [0, 0.05) is 12.5 Å². The van der Waals surface area contributed by atoms with Crippen molar-refractivity contribution in [2.75, 3.05) is 11.6 Å². The Kier molecular flexibility index (Phi) is 5.41. The first-order valence-corrected chi connectivity index (χ1v) is 10.4. The Balaban J connectivity index is 1.81. The highest BCUT2D eigenvalue weighted by molar-refractivity contribution is 7.90. The van der Waals surface area contributed by atoms with Crippen LogP contribution in [0.2, 0.25) is 0 Å². The van der Waals surface area contributed by atoms with Gasteiger partial charge in [0.05, 0.1) is 18.4 Å². The predicted octanol–water partition coefficient (Wildman–Crippen LogP) is 2.26. The van der Waals surface area contributed by atoms with Gasteiger partial charge in [0.25, 0.3) is 11.5 Å². The van der Waals surface area contributed by atoms with Gasteiger partial charge in [-0.25, -0.2) is 13.4 Å². The van der Waals surface area contributed by atoms with Gasteiger partial charge in [-0.2, -0.15) is 0 Å². The van der Waals surface area contributed by atoms with Crippen LogP contribution in [-0.2, 0) is 16.4 Å². The van der Waals surface area contributed by atoms with Gasteiger partial charge in [0.15, 0.2) is 14.9 Å². The Labute approximate surface area is 162 Å². The molecule has 2 aromatic heterocycles. The number of aryl methyl sites for hydroxylation is 1. The summed E-state index contributed by atoms with van der Waals surface area (Å²) in [7, 11) is -3.42. The van der Waals surface area contributed by atoms with Crippen molar-refractivity contribution in [2.45, 2.75) is 18.5 Å². The fourth-order valence-corrected chi connectivity index (χ4v) is 3.27. The van der Waals surface area contributed by atoms with Crippen LogP contribution in [0.3, 0.4) is 0 Å². The van der Waals surface area contributed by atoms with Crippen molar-refractivity contribution in [1.29, 1.82) is 0 Å². The maximum atomic E-state index is 12.7. The second kappa shape index (κ2) is 7.77. The largest absolute Gasteiger partial charge is 0.320 e. The van der Waals surface area contributed by atoms with E-state index in [1.165, 1.54) is 29.0 Å². The molecule has 7 nitrogen and oxygen atoms in total. The number of benzene rings is 1. The Hall–Kier alpha value is -3.26. The van der Waals surface area contributed by atoms with E-state index in [0.717, 1.165) is 17.4 Å². The monoisotopic (exact) mass is 397 g/mol. The minimum absolute atomic E-state index is 0.0117. The van der Waals surface area contributed by atoms with Gasteiger partial charge < -0.3 is 9.88 Å². The first-order valence-electron chi connectivity index (χ1n) is 8.46. The zero-order valence-electron chi connectivity index (χ0n) is 15.4. The molecule has 0 atom stereocenters. The number of hydrogen-bond donors (Lipinski definition) is 1. The summed E-state index contributed by atoms with van der Waals surface area (Å²) in [5, 5.41) is 2.48. The Bertz CT molecular complexity index is 1180. The number of carbonyl (C=O) groups excluding carboxylic acids is 1. The fourth-order valence-electron chi connectivity index (χ4n) is 2.71. The van der Waals surface area contributed by atoms with E-state index in [-0.39, 0.29) is 10.6 Å². The quantitative estimate of drug-likeness (QED) is 0.712. The minimum atomic E-state index is -3.42. The number of nitrogens with zero attached hydrogens (tertiary/aromatic N) is 2. The predicted molar refractivity (Wildman–Crippen MR) is 106 cm³/mol. The van der Waals surface area contributed by atoms with Crippen LogP contribution in [0.25, 0.3) is 0 Å². The number of anilines is 1. The first-order chi connectivity index (χ1) is 13.2. The molecule has 0 saturated heterocycles. The second-order valence-electron chi connectivity index (χ2n) is 6.46. The lowest BCUT2D eigenvalue weighted by molar-refractivity contribution is 0.102. The zero-order valence-corrected chi connectivity index (χ0v) is 16.2. The SMILES string of the molecule is Cc1cccc(Cn2cccc(C(=O)Nc3ccc(S(C)(=O)=O)nc3)c2=O)c1. The number of hydrogen-bond acceptors (Lipinski definition) is 5. The van der Waals surface area contributed by atoms with Gasteiger partial charge >= 0.3 is 0 Å². The Morgan fingerprint density at radius 3 is 2.57 bits per heavy atom. The van der Waals surface area contributed by atoms with Gasteiger partial charge in [0.1, 0.15) is 5.56 Å². The van der Waals surface area contributed by atoms with Crippen LogP contribution < -0.4 is 10.9 Å². The number of aromatic nitrogens is 2. The number of nitrogens with one attached hydrogen (secondary N) is 1. The molecular formula is C20H19N3O4S. The van der Waals surface area contributed by atoms with Gasteiger partial charge in [-0.05, 0) is 36.8 Å². The molecule has 144 valence electrons. The molecule has 0 bridgehead atoms. The van der Waals surface area contributed by atoms with Crippen LogP contribution in [0.4, 0.5) is 5.69 Å². The molecule has 8 heteroatoms. The molecule has 0 radical (unpaired) electrons. The summed E-state index contributed by atoms with van der Waals surface area (Å²) in [6.45, 7) is 2.32. The maximum Gasteiger partial charge on any atom is 0.263 e. The molecule has 1 N–H and O–H groups in total.